The molecule has 0 spiro atoms. The van der Waals surface area contributed by atoms with Gasteiger partial charge in [-0.1, -0.05) is 11.8 Å². The smallest absolute Gasteiger partial charge is 0.191 e. The summed E-state index contributed by atoms with van der Waals surface area (Å²) in [6.45, 7) is 0.900. The SMILES string of the molecule is Nc1ccn(CCCSc2nnc(C3CC3)n2C2CC2)n1. The molecule has 4 rings (SSSR count). The lowest BCUT2D eigenvalue weighted by Crippen LogP contribution is -2.03. The highest BCUT2D eigenvalue weighted by molar-refractivity contribution is 7.99. The highest BCUT2D eigenvalue weighted by atomic mass is 32.2. The van der Waals surface area contributed by atoms with Gasteiger partial charge in [0.05, 0.1) is 0 Å². The van der Waals surface area contributed by atoms with Crippen LogP contribution in [0.25, 0.3) is 0 Å². The summed E-state index contributed by atoms with van der Waals surface area (Å²) < 4.78 is 4.31. The van der Waals surface area contributed by atoms with Crippen LogP contribution in [-0.2, 0) is 6.54 Å². The Morgan fingerprint density at radius 2 is 2.10 bits per heavy atom. The first-order chi connectivity index (χ1) is 10.3. The maximum absolute atomic E-state index is 5.61. The second kappa shape index (κ2) is 5.36. The predicted octanol–water partition coefficient (Wildman–Crippen LogP) is 2.45. The number of hydrogen-bond donors (Lipinski definition) is 1. The van der Waals surface area contributed by atoms with Gasteiger partial charge in [0.25, 0.3) is 0 Å². The van der Waals surface area contributed by atoms with E-state index in [1.165, 1.54) is 31.5 Å². The van der Waals surface area contributed by atoms with Gasteiger partial charge in [0.1, 0.15) is 11.6 Å². The lowest BCUT2D eigenvalue weighted by molar-refractivity contribution is 0.605. The van der Waals surface area contributed by atoms with E-state index in [9.17, 15) is 0 Å². The van der Waals surface area contributed by atoms with Crippen molar-refractivity contribution in [2.45, 2.75) is 55.8 Å². The molecular formula is C14H20N6S. The fraction of sp³-hybridized carbons (Fsp3) is 0.643. The molecule has 2 saturated carbocycles. The molecule has 21 heavy (non-hydrogen) atoms. The van der Waals surface area contributed by atoms with Crippen molar-refractivity contribution in [3.63, 3.8) is 0 Å². The third-order valence-electron chi connectivity index (χ3n) is 3.97. The van der Waals surface area contributed by atoms with Gasteiger partial charge in [0.15, 0.2) is 5.16 Å². The van der Waals surface area contributed by atoms with Gasteiger partial charge in [-0.05, 0) is 38.2 Å². The monoisotopic (exact) mass is 304 g/mol. The lowest BCUT2D eigenvalue weighted by atomic mass is 10.4. The van der Waals surface area contributed by atoms with Crippen molar-refractivity contribution in [1.29, 1.82) is 0 Å². The minimum atomic E-state index is 0.588. The van der Waals surface area contributed by atoms with Crippen LogP contribution in [0, 0.1) is 0 Å². The highest BCUT2D eigenvalue weighted by Crippen LogP contribution is 2.45. The van der Waals surface area contributed by atoms with E-state index in [1.807, 2.05) is 28.7 Å². The van der Waals surface area contributed by atoms with Crippen LogP contribution in [0.15, 0.2) is 17.4 Å². The Morgan fingerprint density at radius 3 is 2.76 bits per heavy atom. The third-order valence-corrected chi connectivity index (χ3v) is 5.00. The molecule has 2 aliphatic rings. The summed E-state index contributed by atoms with van der Waals surface area (Å²) in [5.74, 6) is 3.54. The third kappa shape index (κ3) is 2.92. The minimum absolute atomic E-state index is 0.588. The van der Waals surface area contributed by atoms with E-state index in [0.717, 1.165) is 23.9 Å². The van der Waals surface area contributed by atoms with Gasteiger partial charge < -0.3 is 10.3 Å². The number of aromatic nitrogens is 5. The van der Waals surface area contributed by atoms with Gasteiger partial charge in [-0.15, -0.1) is 10.2 Å². The number of nitrogens with zero attached hydrogens (tertiary/aromatic N) is 5. The molecule has 0 aliphatic heterocycles. The molecule has 0 bridgehead atoms. The Hall–Kier alpha value is -1.50. The van der Waals surface area contributed by atoms with E-state index in [-0.39, 0.29) is 0 Å². The van der Waals surface area contributed by atoms with Crippen molar-refractivity contribution in [3.8, 4) is 0 Å². The van der Waals surface area contributed by atoms with Crippen molar-refractivity contribution < 1.29 is 0 Å². The highest BCUT2D eigenvalue weighted by Gasteiger charge is 2.36. The van der Waals surface area contributed by atoms with Crippen LogP contribution in [0.3, 0.4) is 0 Å². The standard InChI is InChI=1S/C14H20N6S/c15-12-6-8-19(18-12)7-1-9-21-14-17-16-13(10-2-3-10)20(14)11-4-5-11/h6,8,10-11H,1-5,7,9H2,(H2,15,18). The number of anilines is 1. The minimum Gasteiger partial charge on any atom is -0.382 e. The molecule has 6 nitrogen and oxygen atoms in total. The van der Waals surface area contributed by atoms with E-state index in [1.54, 1.807) is 0 Å². The zero-order chi connectivity index (χ0) is 14.2. The summed E-state index contributed by atoms with van der Waals surface area (Å²) in [6.07, 6.45) is 8.14. The first-order valence-electron chi connectivity index (χ1n) is 7.68. The molecule has 0 amide bonds. The van der Waals surface area contributed by atoms with Crippen LogP contribution in [-0.4, -0.2) is 30.3 Å². The summed E-state index contributed by atoms with van der Waals surface area (Å²) in [5, 5.41) is 14.2. The molecule has 2 aliphatic carbocycles. The molecule has 0 unspecified atom stereocenters. The molecule has 7 heteroatoms. The van der Waals surface area contributed by atoms with E-state index >= 15 is 0 Å². The van der Waals surface area contributed by atoms with Crippen LogP contribution in [0.5, 0.6) is 0 Å². The molecule has 2 aromatic heterocycles. The molecule has 2 aromatic rings. The first-order valence-corrected chi connectivity index (χ1v) is 8.66. The zero-order valence-electron chi connectivity index (χ0n) is 12.0. The molecule has 2 fully saturated rings. The van der Waals surface area contributed by atoms with Crippen LogP contribution in [0.1, 0.15) is 49.9 Å². The van der Waals surface area contributed by atoms with Crippen molar-refractivity contribution in [1.82, 2.24) is 24.5 Å². The van der Waals surface area contributed by atoms with Crippen molar-refractivity contribution >= 4 is 17.6 Å². The van der Waals surface area contributed by atoms with Gasteiger partial charge in [-0.3, -0.25) is 4.68 Å². The van der Waals surface area contributed by atoms with Crippen molar-refractivity contribution in [2.24, 2.45) is 0 Å². The Bertz CT molecular complexity index is 625. The molecule has 0 saturated heterocycles. The number of hydrogen-bond acceptors (Lipinski definition) is 5. The molecule has 0 atom stereocenters. The molecule has 2 heterocycles. The Kier molecular flexibility index (Phi) is 3.37. The van der Waals surface area contributed by atoms with E-state index in [0.29, 0.717) is 17.8 Å². The molecule has 0 aromatic carbocycles. The summed E-state index contributed by atoms with van der Waals surface area (Å²) in [6, 6.07) is 2.50. The van der Waals surface area contributed by atoms with Crippen LogP contribution in [0.2, 0.25) is 0 Å². The van der Waals surface area contributed by atoms with Crippen LogP contribution >= 0.6 is 11.8 Å². The number of nitrogens with two attached hydrogens (primary N) is 1. The fourth-order valence-corrected chi connectivity index (χ4v) is 3.51. The normalized spacial score (nSPS) is 18.3. The van der Waals surface area contributed by atoms with Gasteiger partial charge in [-0.25, -0.2) is 0 Å². The Balaban J connectivity index is 1.34. The summed E-state index contributed by atoms with van der Waals surface area (Å²) in [5.41, 5.74) is 5.61. The fourth-order valence-electron chi connectivity index (χ4n) is 2.57. The van der Waals surface area contributed by atoms with E-state index < -0.39 is 0 Å². The molecular weight excluding hydrogens is 284 g/mol. The maximum Gasteiger partial charge on any atom is 0.191 e. The van der Waals surface area contributed by atoms with Gasteiger partial charge >= 0.3 is 0 Å². The summed E-state index contributed by atoms with van der Waals surface area (Å²) in [7, 11) is 0. The van der Waals surface area contributed by atoms with Crippen molar-refractivity contribution in [2.75, 3.05) is 11.5 Å². The zero-order valence-corrected chi connectivity index (χ0v) is 12.8. The quantitative estimate of drug-likeness (QED) is 0.628. The van der Waals surface area contributed by atoms with Crippen LogP contribution < -0.4 is 5.73 Å². The number of aryl methyl sites for hydroxylation is 1. The van der Waals surface area contributed by atoms with Crippen LogP contribution in [0.4, 0.5) is 5.82 Å². The van der Waals surface area contributed by atoms with E-state index in [4.69, 9.17) is 5.73 Å². The Morgan fingerprint density at radius 1 is 1.24 bits per heavy atom. The second-order valence-electron chi connectivity index (χ2n) is 5.92. The number of rotatable bonds is 7. The maximum atomic E-state index is 5.61. The largest absolute Gasteiger partial charge is 0.382 e. The second-order valence-corrected chi connectivity index (χ2v) is 6.98. The van der Waals surface area contributed by atoms with Gasteiger partial charge in [-0.2, -0.15) is 5.10 Å². The average Bonchev–Trinajstić information content (AvgIpc) is 3.40. The number of nitrogen functional groups attached to an aromatic ring is 1. The first kappa shape index (κ1) is 13.2. The van der Waals surface area contributed by atoms with Crippen molar-refractivity contribution in [3.05, 3.63) is 18.1 Å². The predicted molar refractivity (Wildman–Crippen MR) is 82.2 cm³/mol. The van der Waals surface area contributed by atoms with E-state index in [2.05, 4.69) is 19.9 Å². The topological polar surface area (TPSA) is 74.6 Å². The molecule has 0 radical (unpaired) electrons. The average molecular weight is 304 g/mol. The summed E-state index contributed by atoms with van der Waals surface area (Å²) in [4.78, 5) is 0. The number of thioether (sulfide) groups is 1. The van der Waals surface area contributed by atoms with Gasteiger partial charge in [0, 0.05) is 30.5 Å². The summed E-state index contributed by atoms with van der Waals surface area (Å²) >= 11 is 1.82. The Labute approximate surface area is 128 Å². The van der Waals surface area contributed by atoms with Gasteiger partial charge in [0.2, 0.25) is 0 Å². The molecule has 2 N–H and O–H groups in total. The molecule has 112 valence electrons. The lowest BCUT2D eigenvalue weighted by Gasteiger charge is -2.08.